The van der Waals surface area contributed by atoms with Gasteiger partial charge in [-0.3, -0.25) is 24.5 Å². The van der Waals surface area contributed by atoms with Crippen molar-refractivity contribution in [1.29, 1.82) is 0 Å². The van der Waals surface area contributed by atoms with Gasteiger partial charge in [0.2, 0.25) is 23.6 Å². The summed E-state index contributed by atoms with van der Waals surface area (Å²) in [6, 6.07) is 11.6. The van der Waals surface area contributed by atoms with E-state index in [1.165, 1.54) is 6.92 Å². The molecule has 0 spiro atoms. The Hall–Kier alpha value is -4.36. The highest BCUT2D eigenvalue weighted by molar-refractivity contribution is 6.39. The van der Waals surface area contributed by atoms with E-state index in [1.807, 2.05) is 36.4 Å². The third-order valence-electron chi connectivity index (χ3n) is 8.36. The van der Waals surface area contributed by atoms with Crippen LogP contribution in [0.2, 0.25) is 10.0 Å². The predicted molar refractivity (Wildman–Crippen MR) is 183 cm³/mol. The summed E-state index contributed by atoms with van der Waals surface area (Å²) in [7, 11) is 3.12. The first kappa shape index (κ1) is 33.5. The van der Waals surface area contributed by atoms with Gasteiger partial charge < -0.3 is 25.4 Å². The Labute approximate surface area is 288 Å². The van der Waals surface area contributed by atoms with Crippen molar-refractivity contribution < 1.29 is 19.1 Å². The van der Waals surface area contributed by atoms with E-state index in [2.05, 4.69) is 30.8 Å². The van der Waals surface area contributed by atoms with Crippen LogP contribution >= 0.6 is 23.2 Å². The molecule has 2 aromatic carbocycles. The van der Waals surface area contributed by atoms with Crippen molar-refractivity contribution in [2.24, 2.45) is 0 Å². The molecule has 2 aliphatic rings. The van der Waals surface area contributed by atoms with Crippen molar-refractivity contribution in [3.63, 3.8) is 0 Å². The van der Waals surface area contributed by atoms with Crippen LogP contribution < -0.4 is 25.4 Å². The van der Waals surface area contributed by atoms with E-state index < -0.39 is 0 Å². The highest BCUT2D eigenvalue weighted by Crippen LogP contribution is 2.42. The van der Waals surface area contributed by atoms with Crippen molar-refractivity contribution in [2.45, 2.75) is 44.9 Å². The number of rotatable bonds is 12. The summed E-state index contributed by atoms with van der Waals surface area (Å²) < 4.78 is 11.2. The van der Waals surface area contributed by atoms with E-state index in [0.29, 0.717) is 87.3 Å². The minimum absolute atomic E-state index is 0.0332. The smallest absolute Gasteiger partial charge is 0.237 e. The number of hydrogen-bond acceptors (Lipinski definition) is 10. The lowest BCUT2D eigenvalue weighted by atomic mass is 9.98. The zero-order valence-electron chi connectivity index (χ0n) is 26.8. The molecule has 6 rings (SSSR count). The highest BCUT2D eigenvalue weighted by Gasteiger charge is 2.29. The SMILES string of the molecule is COc1nc(-c2cccc(-c3cccc(-c4cnc(CN5CC(NC(C)=O)C5)c(OC)n4)c3Cl)c2Cl)cnc1CNC[C@@H]1CCC(=O)N1. The number of benzene rings is 2. The number of carbonyl (C=O) groups excluding carboxylic acids is 2. The first-order valence-corrected chi connectivity index (χ1v) is 16.4. The van der Waals surface area contributed by atoms with Crippen molar-refractivity contribution in [2.75, 3.05) is 33.9 Å². The number of ether oxygens (including phenoxy) is 2. The molecule has 2 aliphatic heterocycles. The minimum atomic E-state index is -0.0332. The first-order valence-electron chi connectivity index (χ1n) is 15.6. The van der Waals surface area contributed by atoms with Crippen LogP contribution in [0.3, 0.4) is 0 Å². The molecule has 3 N–H and O–H groups in total. The van der Waals surface area contributed by atoms with Gasteiger partial charge in [-0.05, 0) is 6.42 Å². The largest absolute Gasteiger partial charge is 0.480 e. The van der Waals surface area contributed by atoms with Crippen molar-refractivity contribution in [3.8, 4) is 45.4 Å². The Morgan fingerprint density at radius 3 is 2.02 bits per heavy atom. The molecule has 2 saturated heterocycles. The fraction of sp³-hybridized carbons (Fsp3) is 0.353. The maximum atomic E-state index is 11.5. The average Bonchev–Trinajstić information content (AvgIpc) is 3.48. The number of nitrogens with one attached hydrogen (secondary N) is 3. The molecule has 48 heavy (non-hydrogen) atoms. The van der Waals surface area contributed by atoms with Crippen molar-refractivity contribution in [3.05, 3.63) is 70.2 Å². The van der Waals surface area contributed by atoms with Crippen molar-refractivity contribution >= 4 is 35.0 Å². The monoisotopic (exact) mass is 690 g/mol. The van der Waals surface area contributed by atoms with E-state index in [9.17, 15) is 9.59 Å². The number of halogens is 2. The minimum Gasteiger partial charge on any atom is -0.480 e. The summed E-state index contributed by atoms with van der Waals surface area (Å²) in [6.45, 7) is 4.62. The summed E-state index contributed by atoms with van der Waals surface area (Å²) in [4.78, 5) is 43.7. The Bertz CT molecular complexity index is 1840. The number of aromatic nitrogens is 4. The van der Waals surface area contributed by atoms with Gasteiger partial charge in [0, 0.05) is 74.4 Å². The number of methoxy groups -OCH3 is 2. The van der Waals surface area contributed by atoms with Crippen LogP contribution in [-0.4, -0.2) is 82.6 Å². The zero-order chi connectivity index (χ0) is 33.8. The lowest BCUT2D eigenvalue weighted by Crippen LogP contribution is -2.58. The molecule has 4 heterocycles. The molecule has 250 valence electrons. The van der Waals surface area contributed by atoms with E-state index >= 15 is 0 Å². The normalized spacial score (nSPS) is 16.4. The first-order chi connectivity index (χ1) is 23.2. The topological polar surface area (TPSA) is 143 Å². The third kappa shape index (κ3) is 7.36. The molecule has 1 atom stereocenters. The van der Waals surface area contributed by atoms with Gasteiger partial charge in [0.25, 0.3) is 0 Å². The Morgan fingerprint density at radius 1 is 0.917 bits per heavy atom. The average molecular weight is 692 g/mol. The highest BCUT2D eigenvalue weighted by atomic mass is 35.5. The Morgan fingerprint density at radius 2 is 1.48 bits per heavy atom. The van der Waals surface area contributed by atoms with Crippen LogP contribution in [0.15, 0.2) is 48.8 Å². The van der Waals surface area contributed by atoms with Crippen LogP contribution in [0, 0.1) is 0 Å². The molecule has 0 radical (unpaired) electrons. The van der Waals surface area contributed by atoms with Gasteiger partial charge in [-0.1, -0.05) is 59.6 Å². The second kappa shape index (κ2) is 14.8. The summed E-state index contributed by atoms with van der Waals surface area (Å²) in [6.07, 6.45) is 4.72. The third-order valence-corrected chi connectivity index (χ3v) is 9.17. The summed E-state index contributed by atoms with van der Waals surface area (Å²) in [5.74, 6) is 0.841. The van der Waals surface area contributed by atoms with Gasteiger partial charge in [-0.25, -0.2) is 9.97 Å². The molecule has 4 aromatic rings. The fourth-order valence-electron chi connectivity index (χ4n) is 5.97. The summed E-state index contributed by atoms with van der Waals surface area (Å²) in [5, 5.41) is 10.1. The quantitative estimate of drug-likeness (QED) is 0.197. The lowest BCUT2D eigenvalue weighted by Gasteiger charge is -2.39. The molecule has 0 saturated carbocycles. The molecular formula is C34H36Cl2N8O4. The maximum Gasteiger partial charge on any atom is 0.237 e. The lowest BCUT2D eigenvalue weighted by molar-refractivity contribution is -0.121. The van der Waals surface area contributed by atoms with E-state index in [4.69, 9.17) is 42.6 Å². The maximum absolute atomic E-state index is 11.5. The molecule has 2 aromatic heterocycles. The van der Waals surface area contributed by atoms with E-state index in [1.54, 1.807) is 26.6 Å². The van der Waals surface area contributed by atoms with Gasteiger partial charge in [0.15, 0.2) is 0 Å². The van der Waals surface area contributed by atoms with Gasteiger partial charge in [0.05, 0.1) is 54.1 Å². The Balaban J connectivity index is 1.21. The standard InChI is InChI=1S/C34H36Cl2N8O4/c1-19(45)40-21-16-44(17-21)18-29-34(48-3)43-27(15-39-29)25-9-5-7-23(32(25)36)22-6-4-8-24(31(22)35)26-14-38-28(33(42-26)47-2)13-37-12-20-10-11-30(46)41-20/h4-9,14-15,20-21,37H,10-13,16-18H2,1-3H3,(H,40,45)(H,41,46)/t20-/m0/s1. The van der Waals surface area contributed by atoms with Crippen LogP contribution in [0.25, 0.3) is 33.6 Å². The molecule has 0 bridgehead atoms. The summed E-state index contributed by atoms with van der Waals surface area (Å²) >= 11 is 14.1. The Kier molecular flexibility index (Phi) is 10.4. The van der Waals surface area contributed by atoms with Gasteiger partial charge in [0.1, 0.15) is 11.4 Å². The number of carbonyl (C=O) groups is 2. The molecular weight excluding hydrogens is 655 g/mol. The number of likely N-dealkylation sites (tertiary alicyclic amines) is 1. The molecule has 0 unspecified atom stereocenters. The van der Waals surface area contributed by atoms with Crippen LogP contribution in [0.1, 0.15) is 31.2 Å². The second-order valence-corrected chi connectivity index (χ2v) is 12.5. The molecule has 14 heteroatoms. The van der Waals surface area contributed by atoms with Crippen LogP contribution in [0.4, 0.5) is 0 Å². The van der Waals surface area contributed by atoms with Gasteiger partial charge >= 0.3 is 0 Å². The van der Waals surface area contributed by atoms with E-state index in [0.717, 1.165) is 25.1 Å². The molecule has 0 aliphatic carbocycles. The number of nitrogens with zero attached hydrogens (tertiary/aromatic N) is 5. The molecule has 2 fully saturated rings. The molecule has 12 nitrogen and oxygen atoms in total. The predicted octanol–water partition coefficient (Wildman–Crippen LogP) is 4.28. The zero-order valence-corrected chi connectivity index (χ0v) is 28.4. The fourth-order valence-corrected chi connectivity index (χ4v) is 6.62. The number of hydrogen-bond donors (Lipinski definition) is 3. The van der Waals surface area contributed by atoms with Gasteiger partial charge in [-0.15, -0.1) is 0 Å². The number of amides is 2. The molecule has 2 amide bonds. The van der Waals surface area contributed by atoms with Crippen LogP contribution in [-0.2, 0) is 22.7 Å². The summed E-state index contributed by atoms with van der Waals surface area (Å²) in [5.41, 5.74) is 5.25. The van der Waals surface area contributed by atoms with Gasteiger partial charge in [-0.2, -0.15) is 0 Å². The van der Waals surface area contributed by atoms with Crippen molar-refractivity contribution in [1.82, 2.24) is 40.8 Å². The van der Waals surface area contributed by atoms with Crippen LogP contribution in [0.5, 0.6) is 11.8 Å². The second-order valence-electron chi connectivity index (χ2n) is 11.8. The van der Waals surface area contributed by atoms with E-state index in [-0.39, 0.29) is 23.9 Å².